The number of aliphatic hydroxyl groups excluding tert-OH is 5. The lowest BCUT2D eigenvalue weighted by Crippen LogP contribution is -2.48. The van der Waals surface area contributed by atoms with Gasteiger partial charge in [-0.3, -0.25) is 0 Å². The SMILES string of the molecule is OC[C@@H](O)[C@@H](O)[C@H](O)[C@@H](O)CNCc1ccccc1. The second-order valence-corrected chi connectivity index (χ2v) is 4.41. The molecule has 0 aliphatic heterocycles. The summed E-state index contributed by atoms with van der Waals surface area (Å²) in [7, 11) is 0. The van der Waals surface area contributed by atoms with Crippen LogP contribution in [0, 0.1) is 0 Å². The summed E-state index contributed by atoms with van der Waals surface area (Å²) < 4.78 is 0. The van der Waals surface area contributed by atoms with Gasteiger partial charge in [-0.05, 0) is 5.56 Å². The van der Waals surface area contributed by atoms with Gasteiger partial charge in [-0.15, -0.1) is 0 Å². The highest BCUT2D eigenvalue weighted by Crippen LogP contribution is 2.05. The summed E-state index contributed by atoms with van der Waals surface area (Å²) in [6, 6.07) is 9.52. The maximum atomic E-state index is 9.65. The third-order valence-electron chi connectivity index (χ3n) is 2.85. The van der Waals surface area contributed by atoms with Gasteiger partial charge in [-0.25, -0.2) is 0 Å². The molecule has 6 heteroatoms. The average Bonchev–Trinajstić information content (AvgIpc) is 2.45. The highest BCUT2D eigenvalue weighted by molar-refractivity contribution is 5.14. The molecule has 0 bridgehead atoms. The van der Waals surface area contributed by atoms with Crippen molar-refractivity contribution in [1.82, 2.24) is 5.32 Å². The molecule has 6 N–H and O–H groups in total. The molecule has 1 aromatic carbocycles. The van der Waals surface area contributed by atoms with Crippen LogP contribution in [0.5, 0.6) is 0 Å². The van der Waals surface area contributed by atoms with E-state index in [9.17, 15) is 15.3 Å². The Kier molecular flexibility index (Phi) is 6.93. The molecule has 1 aromatic rings. The van der Waals surface area contributed by atoms with E-state index in [-0.39, 0.29) is 6.54 Å². The Hall–Kier alpha value is -1.02. The number of hydrogen-bond donors (Lipinski definition) is 6. The van der Waals surface area contributed by atoms with E-state index >= 15 is 0 Å². The molecule has 0 unspecified atom stereocenters. The number of nitrogens with one attached hydrogen (secondary N) is 1. The first-order chi connectivity index (χ1) is 9.06. The first-order valence-electron chi connectivity index (χ1n) is 6.14. The zero-order valence-electron chi connectivity index (χ0n) is 10.6. The van der Waals surface area contributed by atoms with E-state index in [2.05, 4.69) is 5.32 Å². The van der Waals surface area contributed by atoms with Crippen molar-refractivity contribution in [3.05, 3.63) is 35.9 Å². The van der Waals surface area contributed by atoms with Crippen molar-refractivity contribution in [3.63, 3.8) is 0 Å². The molecule has 0 spiro atoms. The third-order valence-corrected chi connectivity index (χ3v) is 2.85. The molecule has 0 radical (unpaired) electrons. The van der Waals surface area contributed by atoms with Gasteiger partial charge in [0.2, 0.25) is 0 Å². The van der Waals surface area contributed by atoms with E-state index in [1.165, 1.54) is 0 Å². The van der Waals surface area contributed by atoms with Crippen LogP contribution in [0.15, 0.2) is 30.3 Å². The predicted molar refractivity (Wildman–Crippen MR) is 69.3 cm³/mol. The Morgan fingerprint density at radius 3 is 2.05 bits per heavy atom. The summed E-state index contributed by atoms with van der Waals surface area (Å²) in [5, 5.41) is 49.4. The van der Waals surface area contributed by atoms with Crippen LogP contribution in [0.2, 0.25) is 0 Å². The van der Waals surface area contributed by atoms with Crippen molar-refractivity contribution >= 4 is 0 Å². The van der Waals surface area contributed by atoms with E-state index in [1.807, 2.05) is 30.3 Å². The van der Waals surface area contributed by atoms with Gasteiger partial charge in [0.1, 0.15) is 18.3 Å². The van der Waals surface area contributed by atoms with Gasteiger partial charge in [0.15, 0.2) is 0 Å². The summed E-state index contributed by atoms with van der Waals surface area (Å²) in [6.07, 6.45) is -5.82. The number of aliphatic hydroxyl groups is 5. The van der Waals surface area contributed by atoms with Gasteiger partial charge in [0.05, 0.1) is 12.7 Å². The van der Waals surface area contributed by atoms with Crippen molar-refractivity contribution in [3.8, 4) is 0 Å². The lowest BCUT2D eigenvalue weighted by molar-refractivity contribution is -0.114. The van der Waals surface area contributed by atoms with Crippen molar-refractivity contribution < 1.29 is 25.5 Å². The maximum Gasteiger partial charge on any atom is 0.111 e. The van der Waals surface area contributed by atoms with Crippen LogP contribution in [-0.2, 0) is 6.54 Å². The Balaban J connectivity index is 2.32. The van der Waals surface area contributed by atoms with Crippen LogP contribution in [0.25, 0.3) is 0 Å². The predicted octanol–water partition coefficient (Wildman–Crippen LogP) is -1.79. The van der Waals surface area contributed by atoms with Crippen LogP contribution in [0.3, 0.4) is 0 Å². The van der Waals surface area contributed by atoms with Crippen molar-refractivity contribution in [2.45, 2.75) is 31.0 Å². The summed E-state index contributed by atoms with van der Waals surface area (Å²) in [4.78, 5) is 0. The van der Waals surface area contributed by atoms with Gasteiger partial charge in [0, 0.05) is 13.1 Å². The summed E-state index contributed by atoms with van der Waals surface area (Å²) in [6.45, 7) is -0.100. The van der Waals surface area contributed by atoms with E-state index in [4.69, 9.17) is 10.2 Å². The lowest BCUT2D eigenvalue weighted by Gasteiger charge is -2.25. The quantitative estimate of drug-likeness (QED) is 0.333. The smallest absolute Gasteiger partial charge is 0.111 e. The molecule has 0 amide bonds. The number of rotatable bonds is 8. The van der Waals surface area contributed by atoms with E-state index in [0.717, 1.165) is 5.56 Å². The van der Waals surface area contributed by atoms with Crippen LogP contribution < -0.4 is 5.32 Å². The molecule has 0 saturated carbocycles. The van der Waals surface area contributed by atoms with Crippen LogP contribution in [0.1, 0.15) is 5.56 Å². The normalized spacial score (nSPS) is 17.7. The fraction of sp³-hybridized carbons (Fsp3) is 0.538. The molecule has 0 saturated heterocycles. The van der Waals surface area contributed by atoms with Gasteiger partial charge in [-0.2, -0.15) is 0 Å². The molecule has 0 aromatic heterocycles. The highest BCUT2D eigenvalue weighted by Gasteiger charge is 2.29. The molecule has 1 rings (SSSR count). The molecule has 0 heterocycles. The highest BCUT2D eigenvalue weighted by atomic mass is 16.4. The average molecular weight is 271 g/mol. The standard InChI is InChI=1S/C13H21NO5/c15-8-11(17)13(19)12(18)10(16)7-14-6-9-4-2-1-3-5-9/h1-5,10-19H,6-8H2/t10-,11+,12+,13+/m0/s1. The van der Waals surface area contributed by atoms with Gasteiger partial charge in [-0.1, -0.05) is 30.3 Å². The second kappa shape index (κ2) is 8.21. The third kappa shape index (κ3) is 5.23. The van der Waals surface area contributed by atoms with Gasteiger partial charge >= 0.3 is 0 Å². The van der Waals surface area contributed by atoms with Crippen LogP contribution >= 0.6 is 0 Å². The van der Waals surface area contributed by atoms with Gasteiger partial charge < -0.3 is 30.8 Å². The number of hydrogen-bond acceptors (Lipinski definition) is 6. The minimum absolute atomic E-state index is 0.0608. The zero-order valence-corrected chi connectivity index (χ0v) is 10.6. The Morgan fingerprint density at radius 1 is 0.895 bits per heavy atom. The number of benzene rings is 1. The summed E-state index contributed by atoms with van der Waals surface area (Å²) in [5.74, 6) is 0. The van der Waals surface area contributed by atoms with E-state index in [0.29, 0.717) is 6.54 Å². The fourth-order valence-corrected chi connectivity index (χ4v) is 1.64. The molecule has 0 aliphatic rings. The van der Waals surface area contributed by atoms with Crippen LogP contribution in [-0.4, -0.2) is 63.1 Å². The second-order valence-electron chi connectivity index (χ2n) is 4.41. The fourth-order valence-electron chi connectivity index (χ4n) is 1.64. The molecule has 108 valence electrons. The molecular formula is C13H21NO5. The van der Waals surface area contributed by atoms with E-state index in [1.54, 1.807) is 0 Å². The molecule has 0 fully saturated rings. The molecule has 4 atom stereocenters. The largest absolute Gasteiger partial charge is 0.394 e. The van der Waals surface area contributed by atoms with Gasteiger partial charge in [0.25, 0.3) is 0 Å². The zero-order chi connectivity index (χ0) is 14.3. The monoisotopic (exact) mass is 271 g/mol. The van der Waals surface area contributed by atoms with Crippen molar-refractivity contribution in [2.24, 2.45) is 0 Å². The molecule has 0 aliphatic carbocycles. The summed E-state index contributed by atoms with van der Waals surface area (Å²) >= 11 is 0. The minimum Gasteiger partial charge on any atom is -0.394 e. The topological polar surface area (TPSA) is 113 Å². The van der Waals surface area contributed by atoms with Crippen molar-refractivity contribution in [1.29, 1.82) is 0 Å². The summed E-state index contributed by atoms with van der Waals surface area (Å²) in [5.41, 5.74) is 1.03. The Labute approximate surface area is 112 Å². The maximum absolute atomic E-state index is 9.65. The first kappa shape index (κ1) is 16.0. The van der Waals surface area contributed by atoms with Crippen molar-refractivity contribution in [2.75, 3.05) is 13.2 Å². The lowest BCUT2D eigenvalue weighted by atomic mass is 10.0. The molecule has 19 heavy (non-hydrogen) atoms. The minimum atomic E-state index is -1.58. The first-order valence-corrected chi connectivity index (χ1v) is 6.14. The van der Waals surface area contributed by atoms with Crippen LogP contribution in [0.4, 0.5) is 0 Å². The molecular weight excluding hydrogens is 250 g/mol. The Morgan fingerprint density at radius 2 is 1.47 bits per heavy atom. The molecule has 6 nitrogen and oxygen atoms in total. The van der Waals surface area contributed by atoms with E-state index < -0.39 is 31.0 Å². The Bertz CT molecular complexity index is 348.